The maximum Gasteiger partial charge on any atom is 0.253 e. The number of carbonyl (C=O) groups is 1. The number of amides is 1. The van der Waals surface area contributed by atoms with Crippen molar-refractivity contribution in [2.45, 2.75) is 6.61 Å². The van der Waals surface area contributed by atoms with Crippen LogP contribution >= 0.6 is 0 Å². The highest BCUT2D eigenvalue weighted by atomic mass is 16.5. The summed E-state index contributed by atoms with van der Waals surface area (Å²) in [5, 5.41) is 0. The molecule has 0 spiro atoms. The van der Waals surface area contributed by atoms with E-state index in [9.17, 15) is 4.79 Å². The van der Waals surface area contributed by atoms with Crippen molar-refractivity contribution in [1.82, 2.24) is 19.3 Å². The van der Waals surface area contributed by atoms with Crippen molar-refractivity contribution in [2.24, 2.45) is 0 Å². The number of ether oxygens (including phenoxy) is 1. The molecule has 3 aromatic heterocycles. The van der Waals surface area contributed by atoms with Gasteiger partial charge in [-0.25, -0.2) is 4.98 Å². The Morgan fingerprint density at radius 1 is 0.935 bits per heavy atom. The van der Waals surface area contributed by atoms with Gasteiger partial charge in [-0.15, -0.1) is 0 Å². The summed E-state index contributed by atoms with van der Waals surface area (Å²) in [4.78, 5) is 25.7. The first kappa shape index (κ1) is 19.1. The normalized spacial score (nSPS) is 14.1. The second kappa shape index (κ2) is 8.47. The minimum absolute atomic E-state index is 0.0567. The summed E-state index contributed by atoms with van der Waals surface area (Å²) < 4.78 is 7.82. The van der Waals surface area contributed by atoms with E-state index in [1.54, 1.807) is 12.4 Å². The number of rotatable bonds is 5. The topological polar surface area (TPSA) is 63.0 Å². The summed E-state index contributed by atoms with van der Waals surface area (Å²) in [6.45, 7) is 3.42. The third kappa shape index (κ3) is 4.21. The average Bonchev–Trinajstić information content (AvgIpc) is 3.26. The van der Waals surface area contributed by atoms with Gasteiger partial charge in [0.2, 0.25) is 0 Å². The number of fused-ring (bicyclic) bond motifs is 1. The fourth-order valence-corrected chi connectivity index (χ4v) is 3.81. The summed E-state index contributed by atoms with van der Waals surface area (Å²) in [6, 6.07) is 17.2. The number of aromatic nitrogens is 3. The van der Waals surface area contributed by atoms with Crippen molar-refractivity contribution >= 4 is 17.2 Å². The van der Waals surface area contributed by atoms with Crippen LogP contribution in [0.3, 0.4) is 0 Å². The smallest absolute Gasteiger partial charge is 0.253 e. The number of nitrogens with zero attached hydrogens (tertiary/aromatic N) is 5. The molecule has 4 aromatic rings. The van der Waals surface area contributed by atoms with Crippen molar-refractivity contribution < 1.29 is 9.53 Å². The summed E-state index contributed by atoms with van der Waals surface area (Å²) >= 11 is 0. The summed E-state index contributed by atoms with van der Waals surface area (Å²) in [7, 11) is 0. The molecule has 5 rings (SSSR count). The Morgan fingerprint density at radius 2 is 1.71 bits per heavy atom. The third-order valence-corrected chi connectivity index (χ3v) is 5.50. The number of imidazole rings is 1. The second-order valence-electron chi connectivity index (χ2n) is 7.50. The highest BCUT2D eigenvalue weighted by molar-refractivity contribution is 5.94. The molecule has 156 valence electrons. The largest absolute Gasteiger partial charge is 0.487 e. The van der Waals surface area contributed by atoms with Gasteiger partial charge in [-0.05, 0) is 48.5 Å². The number of piperazine rings is 1. The lowest BCUT2D eigenvalue weighted by Crippen LogP contribution is -2.48. The van der Waals surface area contributed by atoms with Crippen LogP contribution in [0, 0.1) is 0 Å². The first-order valence-electron chi connectivity index (χ1n) is 10.4. The lowest BCUT2D eigenvalue weighted by molar-refractivity contribution is 0.0746. The van der Waals surface area contributed by atoms with E-state index in [2.05, 4.69) is 14.9 Å². The predicted molar refractivity (Wildman–Crippen MR) is 118 cm³/mol. The molecule has 1 aliphatic heterocycles. The molecule has 1 fully saturated rings. The van der Waals surface area contributed by atoms with Crippen LogP contribution in [0.2, 0.25) is 0 Å². The van der Waals surface area contributed by atoms with Gasteiger partial charge < -0.3 is 18.9 Å². The van der Waals surface area contributed by atoms with E-state index in [0.29, 0.717) is 25.3 Å². The molecule has 0 atom stereocenters. The maximum absolute atomic E-state index is 12.9. The minimum Gasteiger partial charge on any atom is -0.487 e. The van der Waals surface area contributed by atoms with Crippen molar-refractivity contribution in [3.05, 3.63) is 90.6 Å². The molecule has 0 aliphatic carbocycles. The van der Waals surface area contributed by atoms with Crippen LogP contribution < -0.4 is 9.64 Å². The van der Waals surface area contributed by atoms with E-state index < -0.39 is 0 Å². The van der Waals surface area contributed by atoms with Crippen LogP contribution in [0.25, 0.3) is 5.65 Å². The molecule has 31 heavy (non-hydrogen) atoms. The van der Waals surface area contributed by atoms with Gasteiger partial charge in [0.15, 0.2) is 0 Å². The summed E-state index contributed by atoms with van der Waals surface area (Å²) in [5.41, 5.74) is 3.58. The van der Waals surface area contributed by atoms with Gasteiger partial charge in [-0.3, -0.25) is 9.78 Å². The van der Waals surface area contributed by atoms with Gasteiger partial charge >= 0.3 is 0 Å². The van der Waals surface area contributed by atoms with Crippen molar-refractivity contribution in [3.8, 4) is 5.75 Å². The van der Waals surface area contributed by atoms with Gasteiger partial charge in [-0.2, -0.15) is 0 Å². The van der Waals surface area contributed by atoms with Gasteiger partial charge in [0, 0.05) is 62.2 Å². The summed E-state index contributed by atoms with van der Waals surface area (Å²) in [6.07, 6.45) is 7.51. The van der Waals surface area contributed by atoms with E-state index in [-0.39, 0.29) is 5.91 Å². The molecule has 0 saturated carbocycles. The van der Waals surface area contributed by atoms with Crippen LogP contribution in [0.1, 0.15) is 16.1 Å². The number of benzene rings is 1. The first-order chi connectivity index (χ1) is 15.3. The fourth-order valence-electron chi connectivity index (χ4n) is 3.81. The lowest BCUT2D eigenvalue weighted by atomic mass is 10.1. The predicted octanol–water partition coefficient (Wildman–Crippen LogP) is 3.27. The molecule has 7 heteroatoms. The Hall–Kier alpha value is -3.87. The first-order valence-corrected chi connectivity index (χ1v) is 10.4. The molecule has 1 aliphatic rings. The van der Waals surface area contributed by atoms with Gasteiger partial charge in [-0.1, -0.05) is 6.07 Å². The van der Waals surface area contributed by atoms with Gasteiger partial charge in [0.05, 0.1) is 5.69 Å². The number of hydrogen-bond acceptors (Lipinski definition) is 5. The highest BCUT2D eigenvalue weighted by Gasteiger charge is 2.22. The molecule has 1 amide bonds. The van der Waals surface area contributed by atoms with E-state index in [1.807, 2.05) is 76.3 Å². The Labute approximate surface area is 180 Å². The average molecular weight is 413 g/mol. The molecule has 0 bridgehead atoms. The summed E-state index contributed by atoms with van der Waals surface area (Å²) in [5.74, 6) is 0.775. The molecule has 0 unspecified atom stereocenters. The van der Waals surface area contributed by atoms with Crippen molar-refractivity contribution in [3.63, 3.8) is 0 Å². The quantitative estimate of drug-likeness (QED) is 0.503. The Balaban J connectivity index is 1.16. The minimum atomic E-state index is 0.0567. The second-order valence-corrected chi connectivity index (χ2v) is 7.50. The molecule has 4 heterocycles. The van der Waals surface area contributed by atoms with Crippen molar-refractivity contribution in [2.75, 3.05) is 31.1 Å². The molecule has 1 saturated heterocycles. The van der Waals surface area contributed by atoms with E-state index in [1.165, 1.54) is 0 Å². The molecular formula is C24H23N5O2. The SMILES string of the molecule is O=C(c1ccc(OCc2cn3ccccc3n2)cc1)N1CCN(c2ccncc2)CC1. The van der Waals surface area contributed by atoms with Gasteiger partial charge in [0.25, 0.3) is 5.91 Å². The Bertz CT molecular complexity index is 1130. The Morgan fingerprint density at radius 3 is 2.45 bits per heavy atom. The van der Waals surface area contributed by atoms with Crippen LogP contribution in [0.15, 0.2) is 79.4 Å². The molecule has 0 radical (unpaired) electrons. The zero-order valence-corrected chi connectivity index (χ0v) is 17.1. The van der Waals surface area contributed by atoms with E-state index in [0.717, 1.165) is 35.9 Å². The molecule has 1 aromatic carbocycles. The molecular weight excluding hydrogens is 390 g/mol. The number of anilines is 1. The number of hydrogen-bond donors (Lipinski definition) is 0. The van der Waals surface area contributed by atoms with Crippen molar-refractivity contribution in [1.29, 1.82) is 0 Å². The van der Waals surface area contributed by atoms with E-state index >= 15 is 0 Å². The maximum atomic E-state index is 12.9. The standard InChI is InChI=1S/C24H23N5O2/c30-24(28-15-13-27(14-16-28)21-8-10-25-11-9-21)19-4-6-22(7-5-19)31-18-20-17-29-12-2-1-3-23(29)26-20/h1-12,17H,13-16,18H2. The number of pyridine rings is 2. The lowest BCUT2D eigenvalue weighted by Gasteiger charge is -2.36. The van der Waals surface area contributed by atoms with E-state index in [4.69, 9.17) is 4.74 Å². The van der Waals surface area contributed by atoms with Crippen LogP contribution in [-0.2, 0) is 6.61 Å². The zero-order chi connectivity index (χ0) is 21.0. The van der Waals surface area contributed by atoms with Crippen LogP contribution in [0.5, 0.6) is 5.75 Å². The third-order valence-electron chi connectivity index (χ3n) is 5.50. The monoisotopic (exact) mass is 413 g/mol. The fraction of sp³-hybridized carbons (Fsp3) is 0.208. The van der Waals surface area contributed by atoms with Gasteiger partial charge in [0.1, 0.15) is 18.0 Å². The Kier molecular flexibility index (Phi) is 5.22. The highest BCUT2D eigenvalue weighted by Crippen LogP contribution is 2.18. The number of carbonyl (C=O) groups excluding carboxylic acids is 1. The van der Waals surface area contributed by atoms with Crippen LogP contribution in [-0.4, -0.2) is 51.4 Å². The van der Waals surface area contributed by atoms with Crippen LogP contribution in [0.4, 0.5) is 5.69 Å². The zero-order valence-electron chi connectivity index (χ0n) is 17.1. The molecule has 7 nitrogen and oxygen atoms in total. The molecule has 0 N–H and O–H groups in total.